The van der Waals surface area contributed by atoms with Gasteiger partial charge in [0.2, 0.25) is 0 Å². The summed E-state index contributed by atoms with van der Waals surface area (Å²) in [5, 5.41) is 12.1. The lowest BCUT2D eigenvalue weighted by molar-refractivity contribution is -0.127. The number of nitrogens with one attached hydrogen (secondary N) is 1. The molecule has 1 aliphatic carbocycles. The number of rotatable bonds is 6. The van der Waals surface area contributed by atoms with E-state index in [1.54, 1.807) is 6.20 Å². The first-order chi connectivity index (χ1) is 10.9. The second-order valence-corrected chi connectivity index (χ2v) is 7.28. The Morgan fingerprint density at radius 3 is 2.09 bits per heavy atom. The van der Waals surface area contributed by atoms with Crippen LogP contribution in [0.5, 0.6) is 0 Å². The van der Waals surface area contributed by atoms with Crippen LogP contribution in [0.2, 0.25) is 0 Å². The molecule has 23 heavy (non-hydrogen) atoms. The highest BCUT2D eigenvalue weighted by atomic mass is 16.3. The molecular formula is C17H29N3O3. The Kier molecular flexibility index (Phi) is 6.33. The molecule has 1 aliphatic heterocycles. The normalized spacial score (nSPS) is 23.2. The molecule has 0 aromatic heterocycles. The lowest BCUT2D eigenvalue weighted by Crippen LogP contribution is -2.48. The number of allylic oxidation sites excluding steroid dienone is 1. The summed E-state index contributed by atoms with van der Waals surface area (Å²) in [5.41, 5.74) is 0.122. The Morgan fingerprint density at radius 2 is 1.57 bits per heavy atom. The molecule has 1 heterocycles. The summed E-state index contributed by atoms with van der Waals surface area (Å²) in [5.74, 6) is -0.0901. The molecule has 0 radical (unpaired) electrons. The van der Waals surface area contributed by atoms with Crippen molar-refractivity contribution < 1.29 is 14.7 Å². The first kappa shape index (κ1) is 18.1. The molecule has 130 valence electrons. The van der Waals surface area contributed by atoms with Gasteiger partial charge in [0.05, 0.1) is 12.2 Å². The fourth-order valence-corrected chi connectivity index (χ4v) is 3.21. The van der Waals surface area contributed by atoms with Crippen molar-refractivity contribution in [2.75, 3.05) is 52.4 Å². The average molecular weight is 323 g/mol. The summed E-state index contributed by atoms with van der Waals surface area (Å²) >= 11 is 0. The Labute approximate surface area is 138 Å². The van der Waals surface area contributed by atoms with Crippen molar-refractivity contribution in [3.8, 4) is 0 Å². The zero-order valence-electron chi connectivity index (χ0n) is 14.3. The SMILES string of the molecule is CC1(C)CC(=O)C(=CNCCN2CCN(CCO)CC2)C(=O)C1. The van der Waals surface area contributed by atoms with Crippen molar-refractivity contribution in [2.45, 2.75) is 26.7 Å². The number of carbonyl (C=O) groups excluding carboxylic acids is 2. The number of aliphatic hydroxyl groups is 1. The molecule has 0 atom stereocenters. The molecule has 1 saturated heterocycles. The average Bonchev–Trinajstić information content (AvgIpc) is 2.46. The maximum atomic E-state index is 12.0. The van der Waals surface area contributed by atoms with Crippen LogP contribution in [0.1, 0.15) is 26.7 Å². The Balaban J connectivity index is 1.71. The third kappa shape index (κ3) is 5.41. The number of carbonyl (C=O) groups is 2. The number of β-amino-alcohol motifs (C(OH)–C–C–N with tert-alkyl or cyclic N) is 1. The first-order valence-corrected chi connectivity index (χ1v) is 8.47. The van der Waals surface area contributed by atoms with Crippen LogP contribution in [-0.2, 0) is 9.59 Å². The van der Waals surface area contributed by atoms with Crippen LogP contribution in [0.25, 0.3) is 0 Å². The molecule has 1 saturated carbocycles. The van der Waals surface area contributed by atoms with Crippen LogP contribution in [0.15, 0.2) is 11.8 Å². The maximum absolute atomic E-state index is 12.0. The van der Waals surface area contributed by atoms with Crippen LogP contribution in [0, 0.1) is 5.41 Å². The van der Waals surface area contributed by atoms with Crippen molar-refractivity contribution in [2.24, 2.45) is 5.41 Å². The fourth-order valence-electron chi connectivity index (χ4n) is 3.21. The third-order valence-electron chi connectivity index (χ3n) is 4.58. The van der Waals surface area contributed by atoms with Gasteiger partial charge in [-0.3, -0.25) is 19.4 Å². The number of Topliss-reactive ketones (excluding diaryl/α,β-unsaturated/α-hetero) is 2. The summed E-state index contributed by atoms with van der Waals surface area (Å²) in [4.78, 5) is 28.7. The van der Waals surface area contributed by atoms with Gasteiger partial charge in [-0.25, -0.2) is 0 Å². The Morgan fingerprint density at radius 1 is 1.04 bits per heavy atom. The molecule has 2 aliphatic rings. The summed E-state index contributed by atoms with van der Waals surface area (Å²) in [6.45, 7) is 10.5. The molecule has 6 heteroatoms. The number of hydrogen-bond donors (Lipinski definition) is 2. The Hall–Kier alpha value is -1.24. The number of ketones is 2. The molecule has 0 unspecified atom stereocenters. The number of aliphatic hydroxyl groups excluding tert-OH is 1. The van der Waals surface area contributed by atoms with Crippen LogP contribution in [0.4, 0.5) is 0 Å². The third-order valence-corrected chi connectivity index (χ3v) is 4.58. The summed E-state index contributed by atoms with van der Waals surface area (Å²) in [6.07, 6.45) is 2.50. The van der Waals surface area contributed by atoms with E-state index in [-0.39, 0.29) is 23.6 Å². The Bertz CT molecular complexity index is 444. The molecule has 0 amide bonds. The molecule has 0 bridgehead atoms. The molecular weight excluding hydrogens is 294 g/mol. The molecule has 2 rings (SSSR count). The van der Waals surface area contributed by atoms with Gasteiger partial charge in [-0.2, -0.15) is 0 Å². The van der Waals surface area contributed by atoms with E-state index in [9.17, 15) is 9.59 Å². The second kappa shape index (κ2) is 8.04. The van der Waals surface area contributed by atoms with Gasteiger partial charge in [0.15, 0.2) is 11.6 Å². The van der Waals surface area contributed by atoms with E-state index in [0.29, 0.717) is 18.4 Å². The zero-order chi connectivity index (χ0) is 16.9. The van der Waals surface area contributed by atoms with Crippen LogP contribution in [-0.4, -0.2) is 78.9 Å². The lowest BCUT2D eigenvalue weighted by atomic mass is 9.74. The van der Waals surface area contributed by atoms with Gasteiger partial charge in [0, 0.05) is 64.9 Å². The van der Waals surface area contributed by atoms with E-state index in [2.05, 4.69) is 15.1 Å². The molecule has 0 aromatic carbocycles. The lowest BCUT2D eigenvalue weighted by Gasteiger charge is -2.34. The first-order valence-electron chi connectivity index (χ1n) is 8.47. The minimum absolute atomic E-state index is 0.0450. The smallest absolute Gasteiger partial charge is 0.168 e. The molecule has 6 nitrogen and oxygen atoms in total. The standard InChI is InChI=1S/C17H29N3O3/c1-17(2)11-15(22)14(16(23)12-17)13-18-3-4-19-5-7-20(8-6-19)9-10-21/h13,18,21H,3-12H2,1-2H3. The van der Waals surface area contributed by atoms with Crippen molar-refractivity contribution in [1.82, 2.24) is 15.1 Å². The van der Waals surface area contributed by atoms with E-state index in [4.69, 9.17) is 5.11 Å². The number of hydrogen-bond acceptors (Lipinski definition) is 6. The van der Waals surface area contributed by atoms with Gasteiger partial charge in [-0.05, 0) is 5.41 Å². The van der Waals surface area contributed by atoms with Crippen LogP contribution in [0.3, 0.4) is 0 Å². The summed E-state index contributed by atoms with van der Waals surface area (Å²) < 4.78 is 0. The molecule has 0 aromatic rings. The minimum atomic E-state index is -0.209. The monoisotopic (exact) mass is 323 g/mol. The van der Waals surface area contributed by atoms with Gasteiger partial charge in [0.1, 0.15) is 0 Å². The van der Waals surface area contributed by atoms with Gasteiger partial charge >= 0.3 is 0 Å². The van der Waals surface area contributed by atoms with Crippen molar-refractivity contribution in [3.05, 3.63) is 11.8 Å². The zero-order valence-corrected chi connectivity index (χ0v) is 14.3. The number of nitrogens with zero attached hydrogens (tertiary/aromatic N) is 2. The van der Waals surface area contributed by atoms with Gasteiger partial charge in [0.25, 0.3) is 0 Å². The quantitative estimate of drug-likeness (QED) is 0.408. The second-order valence-electron chi connectivity index (χ2n) is 7.28. The highest BCUT2D eigenvalue weighted by molar-refractivity contribution is 6.22. The van der Waals surface area contributed by atoms with Crippen molar-refractivity contribution >= 4 is 11.6 Å². The largest absolute Gasteiger partial charge is 0.395 e. The van der Waals surface area contributed by atoms with Crippen LogP contribution >= 0.6 is 0 Å². The minimum Gasteiger partial charge on any atom is -0.395 e. The highest BCUT2D eigenvalue weighted by Crippen LogP contribution is 2.33. The maximum Gasteiger partial charge on any atom is 0.168 e. The molecule has 2 N–H and O–H groups in total. The van der Waals surface area contributed by atoms with E-state index in [1.165, 1.54) is 0 Å². The summed E-state index contributed by atoms with van der Waals surface area (Å²) in [7, 11) is 0. The van der Waals surface area contributed by atoms with Gasteiger partial charge in [-0.1, -0.05) is 13.8 Å². The topological polar surface area (TPSA) is 72.9 Å². The molecule has 0 spiro atoms. The summed E-state index contributed by atoms with van der Waals surface area (Å²) in [6, 6.07) is 0. The number of piperazine rings is 1. The van der Waals surface area contributed by atoms with Crippen LogP contribution < -0.4 is 5.32 Å². The van der Waals surface area contributed by atoms with E-state index in [0.717, 1.165) is 45.8 Å². The fraction of sp³-hybridized carbons (Fsp3) is 0.765. The van der Waals surface area contributed by atoms with E-state index >= 15 is 0 Å². The molecule has 2 fully saturated rings. The van der Waals surface area contributed by atoms with E-state index < -0.39 is 0 Å². The highest BCUT2D eigenvalue weighted by Gasteiger charge is 2.35. The van der Waals surface area contributed by atoms with Crippen molar-refractivity contribution in [1.29, 1.82) is 0 Å². The van der Waals surface area contributed by atoms with Gasteiger partial charge < -0.3 is 10.4 Å². The van der Waals surface area contributed by atoms with Gasteiger partial charge in [-0.15, -0.1) is 0 Å². The predicted octanol–water partition coefficient (Wildman–Crippen LogP) is 0.0280. The predicted molar refractivity (Wildman–Crippen MR) is 89.1 cm³/mol. The van der Waals surface area contributed by atoms with Crippen molar-refractivity contribution in [3.63, 3.8) is 0 Å². The van der Waals surface area contributed by atoms with E-state index in [1.807, 2.05) is 13.8 Å².